The number of amides is 1. The van der Waals surface area contributed by atoms with Gasteiger partial charge in [-0.3, -0.25) is 4.79 Å². The van der Waals surface area contributed by atoms with Crippen LogP contribution in [0.5, 0.6) is 0 Å². The predicted octanol–water partition coefficient (Wildman–Crippen LogP) is 2.48. The lowest BCUT2D eigenvalue weighted by Gasteiger charge is -2.12. The van der Waals surface area contributed by atoms with E-state index in [2.05, 4.69) is 10.0 Å². The van der Waals surface area contributed by atoms with Crippen LogP contribution in [0.3, 0.4) is 0 Å². The summed E-state index contributed by atoms with van der Waals surface area (Å²) in [6, 6.07) is 9.02. The van der Waals surface area contributed by atoms with Gasteiger partial charge < -0.3 is 9.73 Å². The van der Waals surface area contributed by atoms with E-state index in [0.29, 0.717) is 10.8 Å². The quantitative estimate of drug-likeness (QED) is 0.797. The third-order valence-electron chi connectivity index (χ3n) is 3.12. The molecule has 2 N–H and O–H groups in total. The van der Waals surface area contributed by atoms with Gasteiger partial charge in [0.25, 0.3) is 0 Å². The van der Waals surface area contributed by atoms with Gasteiger partial charge in [0.15, 0.2) is 0 Å². The molecule has 1 atom stereocenters. The monoisotopic (exact) mass is 356 g/mol. The highest BCUT2D eigenvalue weighted by atomic mass is 35.5. The van der Waals surface area contributed by atoms with Crippen molar-refractivity contribution in [3.8, 4) is 0 Å². The maximum absolute atomic E-state index is 12.0. The fraction of sp³-hybridized carbons (Fsp3) is 0.267. The van der Waals surface area contributed by atoms with E-state index in [1.807, 2.05) is 0 Å². The summed E-state index contributed by atoms with van der Waals surface area (Å²) in [6.45, 7) is 1.79. The van der Waals surface area contributed by atoms with Crippen molar-refractivity contribution < 1.29 is 17.6 Å². The summed E-state index contributed by atoms with van der Waals surface area (Å²) in [4.78, 5) is 11.9. The van der Waals surface area contributed by atoms with Crippen LogP contribution < -0.4 is 10.0 Å². The first-order valence-corrected chi connectivity index (χ1v) is 8.82. The van der Waals surface area contributed by atoms with E-state index >= 15 is 0 Å². The molecule has 0 radical (unpaired) electrons. The lowest BCUT2D eigenvalue weighted by molar-refractivity contribution is -0.121. The zero-order chi connectivity index (χ0) is 16.9. The van der Waals surface area contributed by atoms with Crippen molar-refractivity contribution in [3.63, 3.8) is 0 Å². The molecule has 1 heterocycles. The number of halogens is 1. The van der Waals surface area contributed by atoms with Gasteiger partial charge in [0.05, 0.1) is 17.2 Å². The number of sulfonamides is 1. The molecule has 1 amide bonds. The van der Waals surface area contributed by atoms with Crippen LogP contribution in [0, 0.1) is 0 Å². The van der Waals surface area contributed by atoms with Crippen molar-refractivity contribution in [2.75, 3.05) is 6.54 Å². The third kappa shape index (κ3) is 5.09. The van der Waals surface area contributed by atoms with Gasteiger partial charge in [-0.2, -0.15) is 0 Å². The first-order valence-electron chi connectivity index (χ1n) is 6.96. The SMILES string of the molecule is CC(NC(=O)CCNS(=O)(=O)c1ccc(Cl)cc1)c1ccco1. The van der Waals surface area contributed by atoms with E-state index in [-0.39, 0.29) is 29.8 Å². The molecule has 8 heteroatoms. The van der Waals surface area contributed by atoms with E-state index in [4.69, 9.17) is 16.0 Å². The minimum Gasteiger partial charge on any atom is -0.467 e. The van der Waals surface area contributed by atoms with Crippen molar-refractivity contribution >= 4 is 27.5 Å². The van der Waals surface area contributed by atoms with Gasteiger partial charge in [-0.25, -0.2) is 13.1 Å². The van der Waals surface area contributed by atoms with Crippen molar-refractivity contribution in [1.82, 2.24) is 10.0 Å². The molecular formula is C15H17ClN2O4S. The molecule has 0 bridgehead atoms. The Balaban J connectivity index is 1.82. The van der Waals surface area contributed by atoms with Gasteiger partial charge in [0, 0.05) is 18.0 Å². The van der Waals surface area contributed by atoms with E-state index in [1.165, 1.54) is 30.5 Å². The zero-order valence-electron chi connectivity index (χ0n) is 12.5. The van der Waals surface area contributed by atoms with E-state index in [0.717, 1.165) is 0 Å². The number of carbonyl (C=O) groups is 1. The van der Waals surface area contributed by atoms with E-state index < -0.39 is 10.0 Å². The fourth-order valence-electron chi connectivity index (χ4n) is 1.92. The van der Waals surface area contributed by atoms with Crippen molar-refractivity contribution in [1.29, 1.82) is 0 Å². The van der Waals surface area contributed by atoms with Gasteiger partial charge in [-0.15, -0.1) is 0 Å². The second-order valence-electron chi connectivity index (χ2n) is 4.91. The molecule has 0 aliphatic carbocycles. The number of furan rings is 1. The fourth-order valence-corrected chi connectivity index (χ4v) is 3.08. The number of carbonyl (C=O) groups excluding carboxylic acids is 1. The number of nitrogens with one attached hydrogen (secondary N) is 2. The lowest BCUT2D eigenvalue weighted by atomic mass is 10.2. The van der Waals surface area contributed by atoms with E-state index in [1.54, 1.807) is 19.1 Å². The summed E-state index contributed by atoms with van der Waals surface area (Å²) in [5.41, 5.74) is 0. The van der Waals surface area contributed by atoms with Crippen LogP contribution in [0.25, 0.3) is 0 Å². The largest absolute Gasteiger partial charge is 0.467 e. The minimum atomic E-state index is -3.65. The molecule has 23 heavy (non-hydrogen) atoms. The summed E-state index contributed by atoms with van der Waals surface area (Å²) >= 11 is 5.72. The average Bonchev–Trinajstić information content (AvgIpc) is 3.01. The number of rotatable bonds is 7. The maximum Gasteiger partial charge on any atom is 0.240 e. The van der Waals surface area contributed by atoms with Crippen LogP contribution in [0.4, 0.5) is 0 Å². The second-order valence-corrected chi connectivity index (χ2v) is 7.11. The van der Waals surface area contributed by atoms with Crippen LogP contribution in [-0.4, -0.2) is 20.9 Å². The molecule has 124 valence electrons. The minimum absolute atomic E-state index is 0.00165. The van der Waals surface area contributed by atoms with Gasteiger partial charge in [-0.05, 0) is 43.3 Å². The Hall–Kier alpha value is -1.83. The molecular weight excluding hydrogens is 340 g/mol. The summed E-state index contributed by atoms with van der Waals surface area (Å²) in [7, 11) is -3.65. The molecule has 0 saturated heterocycles. The van der Waals surface area contributed by atoms with Crippen LogP contribution in [0.15, 0.2) is 52.0 Å². The van der Waals surface area contributed by atoms with Crippen molar-refractivity contribution in [2.24, 2.45) is 0 Å². The summed E-state index contributed by atoms with van der Waals surface area (Å²) in [5.74, 6) is 0.368. The molecule has 0 fully saturated rings. The van der Waals surface area contributed by atoms with Crippen LogP contribution >= 0.6 is 11.6 Å². The van der Waals surface area contributed by atoms with Gasteiger partial charge >= 0.3 is 0 Å². The predicted molar refractivity (Wildman–Crippen MR) is 86.5 cm³/mol. The molecule has 0 aliphatic heterocycles. The first-order chi connectivity index (χ1) is 10.9. The van der Waals surface area contributed by atoms with Crippen LogP contribution in [0.2, 0.25) is 5.02 Å². The molecule has 0 aliphatic rings. The lowest BCUT2D eigenvalue weighted by Crippen LogP contribution is -2.32. The molecule has 2 rings (SSSR count). The summed E-state index contributed by atoms with van der Waals surface area (Å²) < 4.78 is 31.6. The topological polar surface area (TPSA) is 88.4 Å². The van der Waals surface area contributed by atoms with Crippen LogP contribution in [0.1, 0.15) is 25.1 Å². The van der Waals surface area contributed by atoms with Crippen LogP contribution in [-0.2, 0) is 14.8 Å². The smallest absolute Gasteiger partial charge is 0.240 e. The highest BCUT2D eigenvalue weighted by molar-refractivity contribution is 7.89. The number of benzene rings is 1. The Kier molecular flexibility index (Phi) is 5.81. The number of hydrogen-bond acceptors (Lipinski definition) is 4. The van der Waals surface area contributed by atoms with Gasteiger partial charge in [-0.1, -0.05) is 11.6 Å². The first kappa shape index (κ1) is 17.5. The molecule has 2 aromatic rings. The molecule has 0 spiro atoms. The highest BCUT2D eigenvalue weighted by Crippen LogP contribution is 2.14. The van der Waals surface area contributed by atoms with Gasteiger partial charge in [0.1, 0.15) is 5.76 Å². The Labute approximate surface area is 139 Å². The standard InChI is InChI=1S/C15H17ClN2O4S/c1-11(14-3-2-10-22-14)18-15(19)8-9-17-23(20,21)13-6-4-12(16)5-7-13/h2-7,10-11,17H,8-9H2,1H3,(H,18,19). The Bertz CT molecular complexity index is 742. The Morgan fingerprint density at radius 2 is 1.96 bits per heavy atom. The molecule has 1 unspecified atom stereocenters. The normalized spacial score (nSPS) is 12.8. The zero-order valence-corrected chi connectivity index (χ0v) is 14.0. The second kappa shape index (κ2) is 7.63. The van der Waals surface area contributed by atoms with Crippen molar-refractivity contribution in [3.05, 3.63) is 53.4 Å². The summed E-state index contributed by atoms with van der Waals surface area (Å²) in [5, 5.41) is 3.18. The number of hydrogen-bond donors (Lipinski definition) is 2. The molecule has 1 aromatic heterocycles. The molecule has 0 saturated carbocycles. The third-order valence-corrected chi connectivity index (χ3v) is 4.84. The average molecular weight is 357 g/mol. The van der Waals surface area contributed by atoms with E-state index in [9.17, 15) is 13.2 Å². The Morgan fingerprint density at radius 1 is 1.26 bits per heavy atom. The molecule has 6 nitrogen and oxygen atoms in total. The highest BCUT2D eigenvalue weighted by Gasteiger charge is 2.15. The summed E-state index contributed by atoms with van der Waals surface area (Å²) in [6.07, 6.45) is 1.55. The maximum atomic E-state index is 12.0. The molecule has 1 aromatic carbocycles. The van der Waals surface area contributed by atoms with Gasteiger partial charge in [0.2, 0.25) is 15.9 Å². The Morgan fingerprint density at radius 3 is 2.57 bits per heavy atom. The van der Waals surface area contributed by atoms with Crippen molar-refractivity contribution in [2.45, 2.75) is 24.3 Å².